The fourth-order valence-corrected chi connectivity index (χ4v) is 3.28. The van der Waals surface area contributed by atoms with Crippen molar-refractivity contribution in [1.82, 2.24) is 0 Å². The van der Waals surface area contributed by atoms with Gasteiger partial charge in [0.2, 0.25) is 0 Å². The van der Waals surface area contributed by atoms with E-state index in [4.69, 9.17) is 49.0 Å². The largest absolute Gasteiger partial charge is 0.493 e. The molecule has 0 N–H and O–H groups in total. The number of benzene rings is 3. The first-order valence-electron chi connectivity index (χ1n) is 8.74. The van der Waals surface area contributed by atoms with E-state index in [-0.39, 0.29) is 29.4 Å². The number of rotatable bonds is 7. The maximum absolute atomic E-state index is 13.8. The van der Waals surface area contributed by atoms with E-state index in [0.29, 0.717) is 21.5 Å². The number of ether oxygens (including phenoxy) is 3. The summed E-state index contributed by atoms with van der Waals surface area (Å²) in [5, 5.41) is 1.19. The maximum Gasteiger partial charge on any atom is 0.338 e. The van der Waals surface area contributed by atoms with Crippen LogP contribution >= 0.6 is 34.8 Å². The second kappa shape index (κ2) is 10.0. The topological polar surface area (TPSA) is 44.8 Å². The normalized spacial score (nSPS) is 10.6. The number of halogens is 4. The molecule has 3 aromatic carbocycles. The number of hydrogen-bond donors (Lipinski definition) is 0. The molecule has 0 fully saturated rings. The van der Waals surface area contributed by atoms with E-state index in [1.807, 2.05) is 0 Å². The highest BCUT2D eigenvalue weighted by Crippen LogP contribution is 2.31. The molecule has 30 heavy (non-hydrogen) atoms. The fourth-order valence-electron chi connectivity index (χ4n) is 2.60. The van der Waals surface area contributed by atoms with Crippen LogP contribution in [0, 0.1) is 5.82 Å². The van der Waals surface area contributed by atoms with Gasteiger partial charge in [-0.15, -0.1) is 0 Å². The van der Waals surface area contributed by atoms with Crippen LogP contribution in [0.15, 0.2) is 54.6 Å². The molecule has 0 amide bonds. The molecule has 0 atom stereocenters. The van der Waals surface area contributed by atoms with Crippen molar-refractivity contribution >= 4 is 40.8 Å². The third-order valence-corrected chi connectivity index (χ3v) is 5.15. The molecule has 8 heteroatoms. The van der Waals surface area contributed by atoms with Gasteiger partial charge < -0.3 is 14.2 Å². The third kappa shape index (κ3) is 5.36. The summed E-state index contributed by atoms with van der Waals surface area (Å²) in [7, 11) is 1.45. The zero-order valence-electron chi connectivity index (χ0n) is 15.8. The molecular weight excluding hydrogens is 454 g/mol. The monoisotopic (exact) mass is 468 g/mol. The van der Waals surface area contributed by atoms with E-state index in [1.54, 1.807) is 24.3 Å². The number of carbonyl (C=O) groups excluding carboxylic acids is 1. The van der Waals surface area contributed by atoms with Gasteiger partial charge in [0.05, 0.1) is 17.7 Å². The maximum atomic E-state index is 13.8. The second-order valence-electron chi connectivity index (χ2n) is 6.17. The quantitative estimate of drug-likeness (QED) is 0.360. The Balaban J connectivity index is 1.69. The molecule has 156 valence electrons. The van der Waals surface area contributed by atoms with E-state index in [0.717, 1.165) is 5.56 Å². The molecule has 0 spiro atoms. The molecule has 0 bridgehead atoms. The van der Waals surface area contributed by atoms with Crippen LogP contribution in [0.1, 0.15) is 21.5 Å². The number of hydrogen-bond acceptors (Lipinski definition) is 4. The number of esters is 1. The molecule has 3 rings (SSSR count). The van der Waals surface area contributed by atoms with Crippen molar-refractivity contribution in [3.8, 4) is 11.5 Å². The van der Waals surface area contributed by atoms with Gasteiger partial charge in [-0.05, 0) is 42.5 Å². The Kier molecular flexibility index (Phi) is 7.43. The lowest BCUT2D eigenvalue weighted by Gasteiger charge is -2.13. The van der Waals surface area contributed by atoms with E-state index in [9.17, 15) is 9.18 Å². The molecule has 0 aromatic heterocycles. The lowest BCUT2D eigenvalue weighted by molar-refractivity contribution is 0.0468. The van der Waals surface area contributed by atoms with Crippen LogP contribution in [0.25, 0.3) is 0 Å². The minimum absolute atomic E-state index is 0.110. The Bertz CT molecular complexity index is 1050. The van der Waals surface area contributed by atoms with Crippen molar-refractivity contribution in [3.63, 3.8) is 0 Å². The molecule has 0 aliphatic heterocycles. The van der Waals surface area contributed by atoms with Crippen molar-refractivity contribution in [2.24, 2.45) is 0 Å². The Morgan fingerprint density at radius 2 is 1.73 bits per heavy atom. The molecule has 4 nitrogen and oxygen atoms in total. The lowest BCUT2D eigenvalue weighted by Crippen LogP contribution is -2.07. The van der Waals surface area contributed by atoms with Gasteiger partial charge >= 0.3 is 5.97 Å². The Hall–Kier alpha value is -2.47. The number of carbonyl (C=O) groups is 1. The molecular formula is C22H16Cl3FO4. The van der Waals surface area contributed by atoms with Gasteiger partial charge in [0, 0.05) is 21.2 Å². The first kappa shape index (κ1) is 22.2. The summed E-state index contributed by atoms with van der Waals surface area (Å²) >= 11 is 18.0. The summed E-state index contributed by atoms with van der Waals surface area (Å²) in [4.78, 5) is 12.4. The van der Waals surface area contributed by atoms with Gasteiger partial charge in [-0.2, -0.15) is 0 Å². The van der Waals surface area contributed by atoms with Gasteiger partial charge in [-0.1, -0.05) is 46.9 Å². The summed E-state index contributed by atoms with van der Waals surface area (Å²) in [5.74, 6) is -0.451. The molecule has 0 aliphatic carbocycles. The van der Waals surface area contributed by atoms with Gasteiger partial charge in [0.25, 0.3) is 0 Å². The summed E-state index contributed by atoms with van der Waals surface area (Å²) in [6.07, 6.45) is 0. The first-order chi connectivity index (χ1) is 14.4. The van der Waals surface area contributed by atoms with Crippen LogP contribution in [-0.4, -0.2) is 13.1 Å². The van der Waals surface area contributed by atoms with E-state index < -0.39 is 11.8 Å². The minimum Gasteiger partial charge on any atom is -0.493 e. The van der Waals surface area contributed by atoms with Crippen LogP contribution in [0.4, 0.5) is 4.39 Å². The SMILES string of the molecule is COc1cc(C(=O)OCc2c(F)cccc2Cl)ccc1OCc1ccc(Cl)cc1Cl. The van der Waals surface area contributed by atoms with Crippen molar-refractivity contribution in [3.05, 3.63) is 92.2 Å². The third-order valence-electron chi connectivity index (χ3n) is 4.21. The standard InChI is InChI=1S/C22H16Cl3FO4/c1-28-21-9-13(22(27)30-12-16-17(24)3-2-4-19(16)26)6-8-20(21)29-11-14-5-7-15(23)10-18(14)25/h2-10H,11-12H2,1H3. The summed E-state index contributed by atoms with van der Waals surface area (Å²) in [6, 6.07) is 13.9. The minimum atomic E-state index is -0.653. The van der Waals surface area contributed by atoms with E-state index in [2.05, 4.69) is 0 Å². The smallest absolute Gasteiger partial charge is 0.338 e. The fraction of sp³-hybridized carbons (Fsp3) is 0.136. The van der Waals surface area contributed by atoms with Gasteiger partial charge in [-0.25, -0.2) is 9.18 Å². The average molecular weight is 470 g/mol. The zero-order chi connectivity index (χ0) is 21.7. The van der Waals surface area contributed by atoms with Gasteiger partial charge in [0.1, 0.15) is 19.0 Å². The average Bonchev–Trinajstić information content (AvgIpc) is 2.72. The van der Waals surface area contributed by atoms with Crippen molar-refractivity contribution in [2.45, 2.75) is 13.2 Å². The Labute approximate surface area is 188 Å². The van der Waals surface area contributed by atoms with E-state index in [1.165, 1.54) is 37.4 Å². The zero-order valence-corrected chi connectivity index (χ0v) is 18.0. The molecule has 3 aromatic rings. The van der Waals surface area contributed by atoms with Gasteiger partial charge in [0.15, 0.2) is 11.5 Å². The van der Waals surface area contributed by atoms with Crippen LogP contribution in [-0.2, 0) is 18.0 Å². The number of methoxy groups -OCH3 is 1. The van der Waals surface area contributed by atoms with Crippen LogP contribution in [0.2, 0.25) is 15.1 Å². The van der Waals surface area contributed by atoms with Gasteiger partial charge in [-0.3, -0.25) is 0 Å². The molecule has 0 saturated carbocycles. The summed E-state index contributed by atoms with van der Waals surface area (Å²) < 4.78 is 30.1. The highest BCUT2D eigenvalue weighted by molar-refractivity contribution is 6.35. The molecule has 0 heterocycles. The first-order valence-corrected chi connectivity index (χ1v) is 9.87. The van der Waals surface area contributed by atoms with Crippen molar-refractivity contribution in [1.29, 1.82) is 0 Å². The summed E-state index contributed by atoms with van der Waals surface area (Å²) in [5.41, 5.74) is 1.07. The molecule has 0 saturated heterocycles. The van der Waals surface area contributed by atoms with Crippen LogP contribution in [0.3, 0.4) is 0 Å². The van der Waals surface area contributed by atoms with Crippen LogP contribution < -0.4 is 9.47 Å². The Morgan fingerprint density at radius 3 is 2.43 bits per heavy atom. The molecule has 0 radical (unpaired) electrons. The highest BCUT2D eigenvalue weighted by Gasteiger charge is 2.15. The Morgan fingerprint density at radius 1 is 0.933 bits per heavy atom. The second-order valence-corrected chi connectivity index (χ2v) is 7.42. The molecule has 0 aliphatic rings. The van der Waals surface area contributed by atoms with Crippen molar-refractivity contribution < 1.29 is 23.4 Å². The van der Waals surface area contributed by atoms with E-state index >= 15 is 0 Å². The predicted molar refractivity (Wildman–Crippen MR) is 114 cm³/mol. The van der Waals surface area contributed by atoms with Crippen molar-refractivity contribution in [2.75, 3.05) is 7.11 Å². The lowest BCUT2D eigenvalue weighted by atomic mass is 10.2. The summed E-state index contributed by atoms with van der Waals surface area (Å²) in [6.45, 7) is -0.109. The predicted octanol–water partition coefficient (Wildman–Crippen LogP) is 6.73. The highest BCUT2D eigenvalue weighted by atomic mass is 35.5. The van der Waals surface area contributed by atoms with Crippen LogP contribution in [0.5, 0.6) is 11.5 Å². The molecule has 0 unspecified atom stereocenters.